The van der Waals surface area contributed by atoms with Gasteiger partial charge in [0.05, 0.1) is 0 Å². The van der Waals surface area contributed by atoms with Gasteiger partial charge in [-0.2, -0.15) is 0 Å². The summed E-state index contributed by atoms with van der Waals surface area (Å²) in [5, 5.41) is 2.65. The Morgan fingerprint density at radius 3 is 3.08 bits per heavy atom. The molecule has 0 bridgehead atoms. The molecule has 57 valence electrons. The minimum atomic E-state index is -0.239. The third kappa shape index (κ3) is 0.880. The summed E-state index contributed by atoms with van der Waals surface area (Å²) in [5.41, 5.74) is 2.57. The van der Waals surface area contributed by atoms with Gasteiger partial charge in [0.2, 0.25) is 0 Å². The fraction of sp³-hybridized carbons (Fsp3) is 0.125. The van der Waals surface area contributed by atoms with Crippen molar-refractivity contribution in [2.75, 3.05) is 5.32 Å². The van der Waals surface area contributed by atoms with Gasteiger partial charge < -0.3 is 0 Å². The van der Waals surface area contributed by atoms with Crippen LogP contribution in [-0.4, -0.2) is 23.8 Å². The molecule has 4 heteroatoms. The summed E-state index contributed by atoms with van der Waals surface area (Å²) in [4.78, 5) is 15.1. The van der Waals surface area contributed by atoms with Crippen molar-refractivity contribution in [3.05, 3.63) is 23.5 Å². The van der Waals surface area contributed by atoms with Crippen LogP contribution in [-0.2, 0) is 4.79 Å². The summed E-state index contributed by atoms with van der Waals surface area (Å²) >= 11 is 0. The summed E-state index contributed by atoms with van der Waals surface area (Å²) in [6.45, 7) is 1.86. The number of amides is 1. The third-order valence-corrected chi connectivity index (χ3v) is 1.82. The molecule has 0 saturated carbocycles. The van der Waals surface area contributed by atoms with Crippen LogP contribution in [0.4, 0.5) is 5.69 Å². The van der Waals surface area contributed by atoms with E-state index in [1.165, 1.54) is 0 Å². The van der Waals surface area contributed by atoms with E-state index in [0.29, 0.717) is 5.56 Å². The van der Waals surface area contributed by atoms with Gasteiger partial charge in [-0.25, -0.2) is 0 Å². The number of fused-ring (bicyclic) bond motifs is 1. The molecule has 0 atom stereocenters. The molecule has 1 aliphatic rings. The van der Waals surface area contributed by atoms with Crippen molar-refractivity contribution in [1.29, 1.82) is 0 Å². The van der Waals surface area contributed by atoms with Crippen LogP contribution in [0.25, 0.3) is 0 Å². The number of nitrogens with zero attached hydrogens (tertiary/aromatic N) is 1. The molecule has 1 radical (unpaired) electrons. The predicted molar refractivity (Wildman–Crippen MR) is 47.5 cm³/mol. The molecule has 2 rings (SSSR count). The minimum absolute atomic E-state index is 0.239. The van der Waals surface area contributed by atoms with Crippen LogP contribution >= 0.6 is 0 Å². The molecule has 1 aromatic rings. The quantitative estimate of drug-likeness (QED) is 0.539. The predicted octanol–water partition coefficient (Wildman–Crippen LogP) is 0.0311. The first-order chi connectivity index (χ1) is 5.68. The molecular weight excluding hydrogens is 151 g/mol. The first-order valence-electron chi connectivity index (χ1n) is 3.59. The molecule has 0 aromatic carbocycles. The van der Waals surface area contributed by atoms with Crippen molar-refractivity contribution in [1.82, 2.24) is 4.98 Å². The molecule has 12 heavy (non-hydrogen) atoms. The summed E-state index contributed by atoms with van der Waals surface area (Å²) in [5.74, 6) is -0.239. The molecule has 1 amide bonds. The van der Waals surface area contributed by atoms with Crippen LogP contribution in [0.5, 0.6) is 0 Å². The Balaban J connectivity index is 2.62. The summed E-state index contributed by atoms with van der Waals surface area (Å²) in [7, 11) is 5.50. The fourth-order valence-corrected chi connectivity index (χ4v) is 1.19. The van der Waals surface area contributed by atoms with Gasteiger partial charge in [-0.05, 0) is 0 Å². The Hall–Kier alpha value is -1.45. The summed E-state index contributed by atoms with van der Waals surface area (Å²) < 4.78 is 0. The van der Waals surface area contributed by atoms with Crippen LogP contribution in [0.15, 0.2) is 12.3 Å². The van der Waals surface area contributed by atoms with Crippen LogP contribution in [0.2, 0.25) is 0 Å². The second-order valence-corrected chi connectivity index (χ2v) is 2.74. The van der Waals surface area contributed by atoms with Crippen molar-refractivity contribution in [2.45, 2.75) is 6.92 Å². The van der Waals surface area contributed by atoms with Gasteiger partial charge in [0, 0.05) is 0 Å². The molecule has 0 saturated heterocycles. The number of nitrogens with one attached hydrogen (secondary N) is 1. The molecule has 2 heterocycles. The van der Waals surface area contributed by atoms with Gasteiger partial charge in [0.15, 0.2) is 0 Å². The molecule has 0 aliphatic carbocycles. The number of carbonyl (C=O) groups is 1. The standard InChI is InChI=1S/C8H6BN2O/c1-4-2-6-5(3-10-4)7(9)8(12)11-6/h2-3H,1H3,(H,11,12). The van der Waals surface area contributed by atoms with Crippen molar-refractivity contribution in [3.63, 3.8) is 0 Å². The number of carbonyl (C=O) groups excluding carboxylic acids is 1. The molecular formula is C8H6BN2O. The van der Waals surface area contributed by atoms with Gasteiger partial charge in [-0.15, -0.1) is 0 Å². The maximum absolute atomic E-state index is 11.0. The van der Waals surface area contributed by atoms with E-state index in [0.717, 1.165) is 11.4 Å². The number of hydrogen-bond acceptors (Lipinski definition) is 2. The Morgan fingerprint density at radius 1 is 1.58 bits per heavy atom. The SMILES string of the molecule is [B]=C1C(=O)Nc2cc(C)ncc21. The zero-order valence-corrected chi connectivity index (χ0v) is 6.59. The molecule has 0 unspecified atom stereocenters. The molecule has 0 fully saturated rings. The van der Waals surface area contributed by atoms with E-state index in [1.54, 1.807) is 12.3 Å². The Labute approximate surface area is 70.9 Å². The fourth-order valence-electron chi connectivity index (χ4n) is 1.19. The number of aryl methyl sites for hydroxylation is 1. The van der Waals surface area contributed by atoms with E-state index in [9.17, 15) is 4.79 Å². The van der Waals surface area contributed by atoms with Crippen LogP contribution in [0.1, 0.15) is 11.3 Å². The molecule has 3 nitrogen and oxygen atoms in total. The monoisotopic (exact) mass is 157 g/mol. The van der Waals surface area contributed by atoms with Gasteiger partial charge in [-0.1, -0.05) is 0 Å². The van der Waals surface area contributed by atoms with E-state index in [-0.39, 0.29) is 11.4 Å². The van der Waals surface area contributed by atoms with Crippen molar-refractivity contribution in [2.24, 2.45) is 0 Å². The van der Waals surface area contributed by atoms with Crippen molar-refractivity contribution in [3.8, 4) is 0 Å². The molecule has 1 aliphatic heterocycles. The second kappa shape index (κ2) is 2.27. The van der Waals surface area contributed by atoms with Crippen LogP contribution < -0.4 is 5.32 Å². The van der Waals surface area contributed by atoms with E-state index in [2.05, 4.69) is 10.3 Å². The average Bonchev–Trinajstić information content (AvgIpc) is 2.28. The Morgan fingerprint density at radius 2 is 2.33 bits per heavy atom. The first-order valence-corrected chi connectivity index (χ1v) is 3.59. The Bertz CT molecular complexity index is 387. The normalized spacial score (nSPS) is 14.3. The van der Waals surface area contributed by atoms with Crippen molar-refractivity contribution >= 4 is 24.5 Å². The van der Waals surface area contributed by atoms with Crippen molar-refractivity contribution < 1.29 is 4.79 Å². The number of hydrogen-bond donors (Lipinski definition) is 1. The van der Waals surface area contributed by atoms with Crippen LogP contribution in [0, 0.1) is 6.92 Å². The van der Waals surface area contributed by atoms with E-state index < -0.39 is 0 Å². The first kappa shape index (κ1) is 7.22. The molecule has 0 spiro atoms. The van der Waals surface area contributed by atoms with Gasteiger partial charge in [0.25, 0.3) is 0 Å². The summed E-state index contributed by atoms with van der Waals surface area (Å²) in [6, 6.07) is 1.80. The van der Waals surface area contributed by atoms with E-state index in [4.69, 9.17) is 7.49 Å². The van der Waals surface area contributed by atoms with Crippen LogP contribution in [0.3, 0.4) is 0 Å². The topological polar surface area (TPSA) is 42.0 Å². The molecule has 1 aromatic heterocycles. The average molecular weight is 157 g/mol. The number of anilines is 1. The second-order valence-electron chi connectivity index (χ2n) is 2.74. The summed E-state index contributed by atoms with van der Waals surface area (Å²) in [6.07, 6.45) is 1.61. The third-order valence-electron chi connectivity index (χ3n) is 1.82. The molecule has 1 N–H and O–H groups in total. The number of rotatable bonds is 0. The van der Waals surface area contributed by atoms with Gasteiger partial charge >= 0.3 is 70.1 Å². The van der Waals surface area contributed by atoms with Gasteiger partial charge in [-0.3, -0.25) is 0 Å². The Kier molecular flexibility index (Phi) is 1.36. The number of aromatic nitrogens is 1. The maximum atomic E-state index is 11.0. The van der Waals surface area contributed by atoms with Gasteiger partial charge in [0.1, 0.15) is 0 Å². The van der Waals surface area contributed by atoms with E-state index in [1.807, 2.05) is 6.92 Å². The zero-order valence-electron chi connectivity index (χ0n) is 6.59. The number of pyridine rings is 1. The van der Waals surface area contributed by atoms with E-state index >= 15 is 0 Å². The zero-order chi connectivity index (χ0) is 8.72.